The quantitative estimate of drug-likeness (QED) is 0.156. The highest BCUT2D eigenvalue weighted by atomic mass is 16.4. The third-order valence-corrected chi connectivity index (χ3v) is 6.23. The molecular formula is C23H38N6O7. The fraction of sp³-hybridized carbons (Fsp3) is 0.652. The number of carboxylic acid groups (broad SMARTS) is 2. The summed E-state index contributed by atoms with van der Waals surface area (Å²) in [5.74, 6) is -5.14. The van der Waals surface area contributed by atoms with Crippen molar-refractivity contribution in [3.05, 3.63) is 18.2 Å². The van der Waals surface area contributed by atoms with Crippen molar-refractivity contribution in [2.75, 3.05) is 0 Å². The molecule has 3 amide bonds. The molecule has 1 rings (SSSR count). The first-order valence-electron chi connectivity index (χ1n) is 12.0. The smallest absolute Gasteiger partial charge is 0.326 e. The Bertz CT molecular complexity index is 892. The molecule has 1 heterocycles. The summed E-state index contributed by atoms with van der Waals surface area (Å²) in [6, 6.07) is -4.59. The van der Waals surface area contributed by atoms with Crippen LogP contribution in [0.25, 0.3) is 0 Å². The number of H-pyrrole nitrogens is 1. The Morgan fingerprint density at radius 2 is 1.53 bits per heavy atom. The lowest BCUT2D eigenvalue weighted by Crippen LogP contribution is -2.58. The van der Waals surface area contributed by atoms with Crippen LogP contribution in [0, 0.1) is 11.8 Å². The summed E-state index contributed by atoms with van der Waals surface area (Å²) < 4.78 is 0. The van der Waals surface area contributed by atoms with Crippen molar-refractivity contribution in [1.82, 2.24) is 25.9 Å². The molecule has 202 valence electrons. The zero-order valence-electron chi connectivity index (χ0n) is 21.1. The van der Waals surface area contributed by atoms with Gasteiger partial charge in [-0.2, -0.15) is 0 Å². The molecular weight excluding hydrogens is 472 g/mol. The number of carbonyl (C=O) groups excluding carboxylic acids is 3. The van der Waals surface area contributed by atoms with Crippen molar-refractivity contribution in [3.8, 4) is 0 Å². The molecule has 0 saturated heterocycles. The number of imidazole rings is 1. The van der Waals surface area contributed by atoms with Gasteiger partial charge in [0.2, 0.25) is 17.7 Å². The highest BCUT2D eigenvalue weighted by Gasteiger charge is 2.32. The van der Waals surface area contributed by atoms with Gasteiger partial charge in [0, 0.05) is 24.7 Å². The summed E-state index contributed by atoms with van der Waals surface area (Å²) in [7, 11) is 0. The van der Waals surface area contributed by atoms with Gasteiger partial charge in [-0.05, 0) is 18.3 Å². The standard InChI is InChI=1S/C23H38N6O7/c1-5-12(3)18(24)22(34)28-16(9-14-10-25-11-26-14)21(33)27-15(7-8-17(30)31)20(32)29-19(23(35)36)13(4)6-2/h10-13,15-16,18-19H,5-9,24H2,1-4H3,(H,25,26)(H,27,33)(H,28,34)(H,29,32)(H,30,31)(H,35,36). The molecule has 0 aliphatic rings. The van der Waals surface area contributed by atoms with Crippen LogP contribution in [0.5, 0.6) is 0 Å². The van der Waals surface area contributed by atoms with Gasteiger partial charge in [-0.25, -0.2) is 9.78 Å². The van der Waals surface area contributed by atoms with E-state index < -0.39 is 66.2 Å². The van der Waals surface area contributed by atoms with Crippen molar-refractivity contribution >= 4 is 29.7 Å². The second kappa shape index (κ2) is 14.8. The van der Waals surface area contributed by atoms with Gasteiger partial charge in [0.05, 0.1) is 12.4 Å². The van der Waals surface area contributed by atoms with E-state index in [0.29, 0.717) is 18.5 Å². The van der Waals surface area contributed by atoms with Gasteiger partial charge in [-0.1, -0.05) is 40.5 Å². The molecule has 1 aromatic heterocycles. The van der Waals surface area contributed by atoms with Crippen LogP contribution in [0.3, 0.4) is 0 Å². The minimum absolute atomic E-state index is 0.00267. The number of aliphatic carboxylic acids is 2. The summed E-state index contributed by atoms with van der Waals surface area (Å²) in [6.07, 6.45) is 3.26. The zero-order valence-corrected chi connectivity index (χ0v) is 21.1. The van der Waals surface area contributed by atoms with Gasteiger partial charge < -0.3 is 36.9 Å². The number of aromatic nitrogens is 2. The fourth-order valence-corrected chi connectivity index (χ4v) is 3.35. The molecule has 0 bridgehead atoms. The number of hydrogen-bond acceptors (Lipinski definition) is 7. The number of nitrogens with two attached hydrogens (primary N) is 1. The van der Waals surface area contributed by atoms with Crippen molar-refractivity contribution < 1.29 is 34.2 Å². The van der Waals surface area contributed by atoms with E-state index in [4.69, 9.17) is 10.8 Å². The third-order valence-electron chi connectivity index (χ3n) is 6.23. The molecule has 8 N–H and O–H groups in total. The first-order valence-corrected chi connectivity index (χ1v) is 12.0. The van der Waals surface area contributed by atoms with E-state index in [1.807, 2.05) is 6.92 Å². The molecule has 6 unspecified atom stereocenters. The molecule has 0 radical (unpaired) electrons. The second-order valence-electron chi connectivity index (χ2n) is 8.96. The molecule has 0 saturated carbocycles. The minimum Gasteiger partial charge on any atom is -0.481 e. The zero-order chi connectivity index (χ0) is 27.4. The Balaban J connectivity index is 3.12. The predicted molar refractivity (Wildman–Crippen MR) is 129 cm³/mol. The lowest BCUT2D eigenvalue weighted by atomic mass is 9.98. The summed E-state index contributed by atoms with van der Waals surface area (Å²) in [5, 5.41) is 26.0. The Kier molecular flexibility index (Phi) is 12.6. The van der Waals surface area contributed by atoms with E-state index in [1.165, 1.54) is 12.5 Å². The summed E-state index contributed by atoms with van der Waals surface area (Å²) >= 11 is 0. The van der Waals surface area contributed by atoms with E-state index in [9.17, 15) is 29.1 Å². The van der Waals surface area contributed by atoms with Crippen molar-refractivity contribution in [2.45, 2.75) is 84.0 Å². The van der Waals surface area contributed by atoms with Crippen LogP contribution in [-0.4, -0.2) is 74.0 Å². The molecule has 36 heavy (non-hydrogen) atoms. The molecule has 0 spiro atoms. The maximum atomic E-state index is 13.2. The maximum Gasteiger partial charge on any atom is 0.326 e. The first kappa shape index (κ1) is 30.6. The molecule has 13 heteroatoms. The van der Waals surface area contributed by atoms with Gasteiger partial charge in [0.25, 0.3) is 0 Å². The Hall–Kier alpha value is -3.48. The van der Waals surface area contributed by atoms with Crippen molar-refractivity contribution in [3.63, 3.8) is 0 Å². The molecule has 0 aliphatic heterocycles. The van der Waals surface area contributed by atoms with Crippen LogP contribution in [0.15, 0.2) is 12.5 Å². The molecule has 0 aliphatic carbocycles. The summed E-state index contributed by atoms with van der Waals surface area (Å²) in [6.45, 7) is 7.10. The van der Waals surface area contributed by atoms with Crippen LogP contribution < -0.4 is 21.7 Å². The molecule has 1 aromatic rings. The van der Waals surface area contributed by atoms with E-state index in [1.54, 1.807) is 20.8 Å². The SMILES string of the molecule is CCC(C)C(N)C(=O)NC(Cc1cnc[nH]1)C(=O)NC(CCC(=O)O)C(=O)NC(C(=O)O)C(C)CC. The number of amides is 3. The van der Waals surface area contributed by atoms with Gasteiger partial charge in [-0.3, -0.25) is 19.2 Å². The lowest BCUT2D eigenvalue weighted by Gasteiger charge is -2.27. The van der Waals surface area contributed by atoms with Crippen molar-refractivity contribution in [2.24, 2.45) is 17.6 Å². The van der Waals surface area contributed by atoms with Crippen LogP contribution in [0.4, 0.5) is 0 Å². The average molecular weight is 511 g/mol. The number of hydrogen-bond donors (Lipinski definition) is 7. The van der Waals surface area contributed by atoms with E-state index in [2.05, 4.69) is 25.9 Å². The van der Waals surface area contributed by atoms with Crippen LogP contribution in [-0.2, 0) is 30.4 Å². The minimum atomic E-state index is -1.34. The average Bonchev–Trinajstić information content (AvgIpc) is 3.35. The molecule has 0 fully saturated rings. The molecule has 0 aromatic carbocycles. The maximum absolute atomic E-state index is 13.2. The third kappa shape index (κ3) is 9.64. The fourth-order valence-electron chi connectivity index (χ4n) is 3.35. The predicted octanol–water partition coefficient (Wildman–Crippen LogP) is -0.224. The van der Waals surface area contributed by atoms with Crippen LogP contribution in [0.1, 0.15) is 59.1 Å². The van der Waals surface area contributed by atoms with Gasteiger partial charge in [0.15, 0.2) is 0 Å². The topological polar surface area (TPSA) is 217 Å². The highest BCUT2D eigenvalue weighted by molar-refractivity contribution is 5.94. The highest BCUT2D eigenvalue weighted by Crippen LogP contribution is 2.10. The monoisotopic (exact) mass is 510 g/mol. The van der Waals surface area contributed by atoms with E-state index >= 15 is 0 Å². The number of nitrogens with one attached hydrogen (secondary N) is 4. The van der Waals surface area contributed by atoms with Gasteiger partial charge >= 0.3 is 11.9 Å². The van der Waals surface area contributed by atoms with Crippen LogP contribution >= 0.6 is 0 Å². The first-order chi connectivity index (χ1) is 16.9. The number of carboxylic acids is 2. The Morgan fingerprint density at radius 1 is 0.944 bits per heavy atom. The number of nitrogens with zero attached hydrogens (tertiary/aromatic N) is 1. The second-order valence-corrected chi connectivity index (χ2v) is 8.96. The summed E-state index contributed by atoms with van der Waals surface area (Å²) in [5.41, 5.74) is 6.53. The number of aromatic amines is 1. The Morgan fingerprint density at radius 3 is 2.03 bits per heavy atom. The number of carbonyl (C=O) groups is 5. The molecule has 13 nitrogen and oxygen atoms in total. The Labute approximate surface area is 210 Å². The lowest BCUT2D eigenvalue weighted by molar-refractivity contribution is -0.144. The van der Waals surface area contributed by atoms with E-state index in [0.717, 1.165) is 0 Å². The largest absolute Gasteiger partial charge is 0.481 e. The van der Waals surface area contributed by atoms with Crippen LogP contribution in [0.2, 0.25) is 0 Å². The normalized spacial score (nSPS) is 16.0. The van der Waals surface area contributed by atoms with Gasteiger partial charge in [-0.15, -0.1) is 0 Å². The van der Waals surface area contributed by atoms with E-state index in [-0.39, 0.29) is 18.8 Å². The molecule has 6 atom stereocenters. The number of rotatable bonds is 16. The summed E-state index contributed by atoms with van der Waals surface area (Å²) in [4.78, 5) is 68.3. The van der Waals surface area contributed by atoms with Crippen molar-refractivity contribution in [1.29, 1.82) is 0 Å². The van der Waals surface area contributed by atoms with Gasteiger partial charge in [0.1, 0.15) is 18.1 Å².